The number of hydrogen-bond acceptors (Lipinski definition) is 6. The quantitative estimate of drug-likeness (QED) is 0.761. The van der Waals surface area contributed by atoms with Crippen LogP contribution in [-0.2, 0) is 11.3 Å². The van der Waals surface area contributed by atoms with Crippen LogP contribution in [0, 0.1) is 6.92 Å². The smallest absolute Gasteiger partial charge is 0.276 e. The van der Waals surface area contributed by atoms with Gasteiger partial charge in [-0.15, -0.1) is 10.2 Å². The zero-order valence-corrected chi connectivity index (χ0v) is 14.5. The molecular weight excluding hydrogens is 361 g/mol. The van der Waals surface area contributed by atoms with Gasteiger partial charge in [0, 0.05) is 13.3 Å². The molecule has 0 aliphatic carbocycles. The van der Waals surface area contributed by atoms with Gasteiger partial charge in [-0.2, -0.15) is 0 Å². The van der Waals surface area contributed by atoms with Crippen LogP contribution in [0.3, 0.4) is 0 Å². The standard InChI is InChI=1S/C13H11Cl2N5O2S/c1-6-10(20-4-7(14)3-8(15)11(20)16-6)12(21)17-13-19-18-9(23-13)5-22-2/h3-4H,5H2,1-2H3,(H,17,19,21). The summed E-state index contributed by atoms with van der Waals surface area (Å²) in [6, 6.07) is 1.58. The first-order valence-corrected chi connectivity index (χ1v) is 8.03. The van der Waals surface area contributed by atoms with Crippen molar-refractivity contribution >= 4 is 51.2 Å². The number of nitrogens with zero attached hydrogens (tertiary/aromatic N) is 4. The van der Waals surface area contributed by atoms with E-state index in [-0.39, 0.29) is 5.91 Å². The van der Waals surface area contributed by atoms with Crippen LogP contribution in [0.5, 0.6) is 0 Å². The van der Waals surface area contributed by atoms with Crippen molar-refractivity contribution < 1.29 is 9.53 Å². The van der Waals surface area contributed by atoms with Crippen LogP contribution < -0.4 is 5.32 Å². The maximum Gasteiger partial charge on any atom is 0.276 e. The summed E-state index contributed by atoms with van der Waals surface area (Å²) in [5.41, 5.74) is 1.34. The van der Waals surface area contributed by atoms with Crippen LogP contribution in [0.2, 0.25) is 10.0 Å². The zero-order chi connectivity index (χ0) is 16.6. The van der Waals surface area contributed by atoms with Crippen molar-refractivity contribution in [3.8, 4) is 0 Å². The summed E-state index contributed by atoms with van der Waals surface area (Å²) in [5.74, 6) is -0.367. The van der Waals surface area contributed by atoms with E-state index in [1.165, 1.54) is 11.3 Å². The third-order valence-corrected chi connectivity index (χ3v) is 4.28. The lowest BCUT2D eigenvalue weighted by Gasteiger charge is -2.04. The highest BCUT2D eigenvalue weighted by Gasteiger charge is 2.20. The van der Waals surface area contributed by atoms with Crippen molar-refractivity contribution in [1.82, 2.24) is 19.6 Å². The fourth-order valence-corrected chi connectivity index (χ4v) is 3.32. The fourth-order valence-electron chi connectivity index (χ4n) is 2.10. The largest absolute Gasteiger partial charge is 0.377 e. The Morgan fingerprint density at radius 1 is 1.43 bits per heavy atom. The van der Waals surface area contributed by atoms with Gasteiger partial charge in [0.1, 0.15) is 17.3 Å². The number of halogens is 2. The minimum absolute atomic E-state index is 0.341. The van der Waals surface area contributed by atoms with Gasteiger partial charge in [-0.3, -0.25) is 14.5 Å². The van der Waals surface area contributed by atoms with Crippen molar-refractivity contribution in [2.45, 2.75) is 13.5 Å². The molecule has 10 heteroatoms. The van der Waals surface area contributed by atoms with Crippen LogP contribution in [0.25, 0.3) is 5.65 Å². The lowest BCUT2D eigenvalue weighted by atomic mass is 10.3. The van der Waals surface area contributed by atoms with Crippen molar-refractivity contribution in [3.63, 3.8) is 0 Å². The summed E-state index contributed by atoms with van der Waals surface area (Å²) in [5, 5.41) is 12.4. The van der Waals surface area contributed by atoms with E-state index in [4.69, 9.17) is 27.9 Å². The molecule has 0 spiro atoms. The predicted octanol–water partition coefficient (Wildman–Crippen LogP) is 3.20. The Bertz CT molecular complexity index is 892. The molecule has 120 valence electrons. The second-order valence-corrected chi connectivity index (χ2v) is 6.54. The number of fused-ring (bicyclic) bond motifs is 1. The molecule has 3 aromatic rings. The summed E-state index contributed by atoms with van der Waals surface area (Å²) in [6.07, 6.45) is 1.59. The molecule has 0 aliphatic rings. The molecule has 0 atom stereocenters. The number of aromatic nitrogens is 4. The second kappa shape index (κ2) is 6.40. The monoisotopic (exact) mass is 371 g/mol. The van der Waals surface area contributed by atoms with Gasteiger partial charge in [-0.25, -0.2) is 4.98 Å². The Balaban J connectivity index is 1.95. The van der Waals surface area contributed by atoms with E-state index in [9.17, 15) is 4.79 Å². The van der Waals surface area contributed by atoms with E-state index in [2.05, 4.69) is 20.5 Å². The molecule has 0 bridgehead atoms. The number of ether oxygens (including phenoxy) is 1. The van der Waals surface area contributed by atoms with Gasteiger partial charge in [-0.05, 0) is 13.0 Å². The van der Waals surface area contributed by atoms with Crippen LogP contribution >= 0.6 is 34.5 Å². The van der Waals surface area contributed by atoms with Gasteiger partial charge in [0.2, 0.25) is 5.13 Å². The van der Waals surface area contributed by atoms with E-state index < -0.39 is 0 Å². The minimum Gasteiger partial charge on any atom is -0.377 e. The van der Waals surface area contributed by atoms with Gasteiger partial charge in [0.25, 0.3) is 5.91 Å². The SMILES string of the molecule is COCc1nnc(NC(=O)c2c(C)nc3c(Cl)cc(Cl)cn23)s1. The molecule has 0 aromatic carbocycles. The first-order valence-electron chi connectivity index (χ1n) is 6.46. The molecule has 1 amide bonds. The molecule has 0 fully saturated rings. The Hall–Kier alpha value is -1.74. The highest BCUT2D eigenvalue weighted by Crippen LogP contribution is 2.25. The average molecular weight is 372 g/mol. The second-order valence-electron chi connectivity index (χ2n) is 4.63. The zero-order valence-electron chi connectivity index (χ0n) is 12.1. The number of aryl methyl sites for hydroxylation is 1. The van der Waals surface area contributed by atoms with E-state index in [1.807, 2.05) is 0 Å². The summed E-state index contributed by atoms with van der Waals surface area (Å²) >= 11 is 13.4. The van der Waals surface area contributed by atoms with Gasteiger partial charge >= 0.3 is 0 Å². The summed E-state index contributed by atoms with van der Waals surface area (Å²) < 4.78 is 6.54. The number of anilines is 1. The lowest BCUT2D eigenvalue weighted by Crippen LogP contribution is -2.15. The third kappa shape index (κ3) is 3.16. The highest BCUT2D eigenvalue weighted by atomic mass is 35.5. The Labute approximate surface area is 145 Å². The maximum absolute atomic E-state index is 12.5. The van der Waals surface area contributed by atoms with Gasteiger partial charge in [0.15, 0.2) is 5.65 Å². The van der Waals surface area contributed by atoms with Crippen LogP contribution in [0.4, 0.5) is 5.13 Å². The first kappa shape index (κ1) is 16.1. The molecule has 7 nitrogen and oxygen atoms in total. The lowest BCUT2D eigenvalue weighted by molar-refractivity contribution is 0.102. The molecule has 3 heterocycles. The molecule has 3 aromatic heterocycles. The highest BCUT2D eigenvalue weighted by molar-refractivity contribution is 7.15. The van der Waals surface area contributed by atoms with Crippen molar-refractivity contribution in [1.29, 1.82) is 0 Å². The number of pyridine rings is 1. The number of carbonyl (C=O) groups is 1. The maximum atomic E-state index is 12.5. The van der Waals surface area contributed by atoms with Crippen LogP contribution in [0.1, 0.15) is 21.2 Å². The molecular formula is C13H11Cl2N5O2S. The van der Waals surface area contributed by atoms with Crippen molar-refractivity contribution in [3.05, 3.63) is 38.7 Å². The number of rotatable bonds is 4. The van der Waals surface area contributed by atoms with Crippen molar-refractivity contribution in [2.75, 3.05) is 12.4 Å². The normalized spacial score (nSPS) is 11.1. The molecule has 1 N–H and O–H groups in total. The first-order chi connectivity index (χ1) is 11.0. The number of imidazole rings is 1. The number of methoxy groups -OCH3 is 1. The van der Waals surface area contributed by atoms with Crippen LogP contribution in [-0.4, -0.2) is 32.6 Å². The molecule has 0 aliphatic heterocycles. The Morgan fingerprint density at radius 2 is 2.22 bits per heavy atom. The van der Waals surface area contributed by atoms with E-state index >= 15 is 0 Å². The molecule has 23 heavy (non-hydrogen) atoms. The molecule has 3 rings (SSSR count). The Kier molecular flexibility index (Phi) is 4.49. The minimum atomic E-state index is -0.367. The van der Waals surface area contributed by atoms with Gasteiger partial charge < -0.3 is 4.74 Å². The van der Waals surface area contributed by atoms with E-state index in [1.54, 1.807) is 30.7 Å². The number of amides is 1. The summed E-state index contributed by atoms with van der Waals surface area (Å²) in [4.78, 5) is 16.9. The number of nitrogens with one attached hydrogen (secondary N) is 1. The van der Waals surface area contributed by atoms with Crippen LogP contribution in [0.15, 0.2) is 12.3 Å². The fraction of sp³-hybridized carbons (Fsp3) is 0.231. The number of hydrogen-bond donors (Lipinski definition) is 1. The molecule has 0 saturated heterocycles. The van der Waals surface area contributed by atoms with E-state index in [0.29, 0.717) is 43.8 Å². The van der Waals surface area contributed by atoms with Crippen molar-refractivity contribution in [2.24, 2.45) is 0 Å². The predicted molar refractivity (Wildman–Crippen MR) is 88.5 cm³/mol. The molecule has 0 radical (unpaired) electrons. The average Bonchev–Trinajstić information content (AvgIpc) is 3.03. The van der Waals surface area contributed by atoms with Gasteiger partial charge in [-0.1, -0.05) is 34.5 Å². The summed E-state index contributed by atoms with van der Waals surface area (Å²) in [6.45, 7) is 2.07. The Morgan fingerprint density at radius 3 is 2.96 bits per heavy atom. The third-order valence-electron chi connectivity index (χ3n) is 2.99. The number of carbonyl (C=O) groups excluding carboxylic acids is 1. The van der Waals surface area contributed by atoms with Gasteiger partial charge in [0.05, 0.1) is 15.7 Å². The molecule has 0 saturated carbocycles. The van der Waals surface area contributed by atoms with E-state index in [0.717, 1.165) is 0 Å². The summed E-state index contributed by atoms with van der Waals surface area (Å²) in [7, 11) is 1.56. The molecule has 0 unspecified atom stereocenters. The topological polar surface area (TPSA) is 81.4 Å².